The molecule has 1 aromatic carbocycles. The molecule has 2 N–H and O–H groups in total. The Bertz CT molecular complexity index is 818. The largest absolute Gasteiger partial charge is 0.240 e. The topological polar surface area (TPSA) is 92.3 Å². The molecule has 2 atom stereocenters. The maximum Gasteiger partial charge on any atom is 0.240 e. The van der Waals surface area contributed by atoms with Crippen molar-refractivity contribution in [3.8, 4) is 0 Å². The van der Waals surface area contributed by atoms with Gasteiger partial charge >= 0.3 is 0 Å². The van der Waals surface area contributed by atoms with Crippen molar-refractivity contribution in [3.63, 3.8) is 0 Å². The number of aryl methyl sites for hydroxylation is 2. The molecule has 1 fully saturated rings. The molecule has 1 aromatic rings. The molecule has 134 valence electrons. The minimum Gasteiger partial charge on any atom is -0.213 e. The summed E-state index contributed by atoms with van der Waals surface area (Å²) in [6.45, 7) is 0. The van der Waals surface area contributed by atoms with Gasteiger partial charge in [-0.05, 0) is 55.4 Å². The molecule has 24 heavy (non-hydrogen) atoms. The normalized spacial score (nSPS) is 24.7. The molecule has 0 aliphatic heterocycles. The lowest BCUT2D eigenvalue weighted by Crippen LogP contribution is -2.52. The molecule has 0 bridgehead atoms. The van der Waals surface area contributed by atoms with Crippen LogP contribution >= 0.6 is 0 Å². The van der Waals surface area contributed by atoms with Gasteiger partial charge in [-0.15, -0.1) is 0 Å². The van der Waals surface area contributed by atoms with E-state index in [1.165, 1.54) is 5.56 Å². The third-order valence-corrected chi connectivity index (χ3v) is 7.04. The van der Waals surface area contributed by atoms with E-state index in [4.69, 9.17) is 0 Å². The number of hydrogen-bond acceptors (Lipinski definition) is 4. The second-order valence-corrected chi connectivity index (χ2v) is 10.3. The van der Waals surface area contributed by atoms with E-state index in [-0.39, 0.29) is 4.90 Å². The minimum absolute atomic E-state index is 0.270. The molecular formula is C16H24N2O4S2. The Kier molecular flexibility index (Phi) is 5.01. The first-order valence-electron chi connectivity index (χ1n) is 8.36. The minimum atomic E-state index is -3.65. The number of sulfonamides is 2. The fraction of sp³-hybridized carbons (Fsp3) is 0.625. The van der Waals surface area contributed by atoms with E-state index >= 15 is 0 Å². The lowest BCUT2D eigenvalue weighted by molar-refractivity contribution is 0.340. The molecule has 0 amide bonds. The van der Waals surface area contributed by atoms with Gasteiger partial charge in [0.2, 0.25) is 20.0 Å². The predicted molar refractivity (Wildman–Crippen MR) is 92.8 cm³/mol. The van der Waals surface area contributed by atoms with Gasteiger partial charge in [-0.1, -0.05) is 18.9 Å². The highest BCUT2D eigenvalue weighted by Gasteiger charge is 2.31. The zero-order valence-corrected chi connectivity index (χ0v) is 15.4. The van der Waals surface area contributed by atoms with Gasteiger partial charge in [-0.25, -0.2) is 26.3 Å². The third kappa shape index (κ3) is 4.17. The molecular weight excluding hydrogens is 348 g/mol. The van der Waals surface area contributed by atoms with Gasteiger partial charge in [0.15, 0.2) is 0 Å². The molecule has 8 heteroatoms. The van der Waals surface area contributed by atoms with E-state index in [9.17, 15) is 16.8 Å². The Morgan fingerprint density at radius 2 is 1.50 bits per heavy atom. The van der Waals surface area contributed by atoms with Crippen LogP contribution in [-0.4, -0.2) is 35.2 Å². The summed E-state index contributed by atoms with van der Waals surface area (Å²) in [4.78, 5) is 0.270. The van der Waals surface area contributed by atoms with Crippen LogP contribution in [0.25, 0.3) is 0 Å². The van der Waals surface area contributed by atoms with Crippen molar-refractivity contribution in [3.05, 3.63) is 29.3 Å². The SMILES string of the molecule is CS(=O)(=O)N[C@H]1CCCC[C@H]1NS(=O)(=O)c1ccc2c(c1)CCC2. The molecule has 0 saturated heterocycles. The van der Waals surface area contributed by atoms with E-state index in [1.54, 1.807) is 12.1 Å². The molecule has 2 aliphatic carbocycles. The molecule has 0 spiro atoms. The fourth-order valence-corrected chi connectivity index (χ4v) is 5.86. The summed E-state index contributed by atoms with van der Waals surface area (Å²) >= 11 is 0. The summed E-state index contributed by atoms with van der Waals surface area (Å²) in [7, 11) is -7.02. The van der Waals surface area contributed by atoms with Crippen molar-refractivity contribution < 1.29 is 16.8 Å². The Morgan fingerprint density at radius 3 is 2.17 bits per heavy atom. The van der Waals surface area contributed by atoms with Crippen LogP contribution in [0.1, 0.15) is 43.2 Å². The molecule has 0 unspecified atom stereocenters. The lowest BCUT2D eigenvalue weighted by atomic mass is 9.92. The number of fused-ring (bicyclic) bond motifs is 1. The van der Waals surface area contributed by atoms with Crippen molar-refractivity contribution in [2.24, 2.45) is 0 Å². The van der Waals surface area contributed by atoms with Crippen LogP contribution in [0.2, 0.25) is 0 Å². The fourth-order valence-electron chi connectivity index (χ4n) is 3.67. The average Bonchev–Trinajstić information content (AvgIpc) is 2.95. The number of benzene rings is 1. The second kappa shape index (κ2) is 6.74. The van der Waals surface area contributed by atoms with Gasteiger partial charge < -0.3 is 0 Å². The summed E-state index contributed by atoms with van der Waals surface area (Å²) in [5.74, 6) is 0. The Labute approximate surface area is 144 Å². The van der Waals surface area contributed by atoms with Crippen LogP contribution < -0.4 is 9.44 Å². The average molecular weight is 373 g/mol. The first-order valence-corrected chi connectivity index (χ1v) is 11.7. The van der Waals surface area contributed by atoms with Crippen LogP contribution in [0.4, 0.5) is 0 Å². The Balaban J connectivity index is 1.79. The van der Waals surface area contributed by atoms with Gasteiger partial charge in [-0.2, -0.15) is 0 Å². The summed E-state index contributed by atoms with van der Waals surface area (Å²) in [6, 6.07) is 4.50. The maximum atomic E-state index is 12.7. The summed E-state index contributed by atoms with van der Waals surface area (Å²) < 4.78 is 53.8. The molecule has 0 aromatic heterocycles. The summed E-state index contributed by atoms with van der Waals surface area (Å²) in [5.41, 5.74) is 2.33. The van der Waals surface area contributed by atoms with Crippen LogP contribution in [0.3, 0.4) is 0 Å². The lowest BCUT2D eigenvalue weighted by Gasteiger charge is -2.32. The number of rotatable bonds is 5. The molecule has 2 aliphatic rings. The van der Waals surface area contributed by atoms with Crippen LogP contribution in [0.5, 0.6) is 0 Å². The Hall–Kier alpha value is -0.960. The van der Waals surface area contributed by atoms with E-state index in [1.807, 2.05) is 6.07 Å². The molecule has 0 heterocycles. The van der Waals surface area contributed by atoms with Crippen LogP contribution in [-0.2, 0) is 32.9 Å². The number of nitrogens with one attached hydrogen (secondary N) is 2. The molecule has 1 saturated carbocycles. The monoisotopic (exact) mass is 372 g/mol. The van der Waals surface area contributed by atoms with Gasteiger partial charge in [0.25, 0.3) is 0 Å². The second-order valence-electron chi connectivity index (χ2n) is 6.79. The molecule has 0 radical (unpaired) electrons. The highest BCUT2D eigenvalue weighted by molar-refractivity contribution is 7.89. The number of hydrogen-bond donors (Lipinski definition) is 2. The zero-order chi connectivity index (χ0) is 17.4. The van der Waals surface area contributed by atoms with E-state index in [2.05, 4.69) is 9.44 Å². The zero-order valence-electron chi connectivity index (χ0n) is 13.8. The van der Waals surface area contributed by atoms with Crippen LogP contribution in [0, 0.1) is 0 Å². The molecule has 3 rings (SSSR count). The summed E-state index contributed by atoms with van der Waals surface area (Å²) in [5, 5.41) is 0. The highest BCUT2D eigenvalue weighted by atomic mass is 32.2. The first kappa shape index (κ1) is 17.8. The van der Waals surface area contributed by atoms with Gasteiger partial charge in [0.1, 0.15) is 0 Å². The van der Waals surface area contributed by atoms with E-state index in [0.717, 1.165) is 43.9 Å². The summed E-state index contributed by atoms with van der Waals surface area (Å²) in [6.07, 6.45) is 7.15. The standard InChI is InChI=1S/C16H24N2O4S2/c1-23(19,20)17-15-7-2-3-8-16(15)18-24(21,22)14-10-9-12-5-4-6-13(12)11-14/h9-11,15-18H,2-8H2,1H3/t15-,16+/m0/s1. The smallest absolute Gasteiger partial charge is 0.213 e. The molecule has 6 nitrogen and oxygen atoms in total. The maximum absolute atomic E-state index is 12.7. The van der Waals surface area contributed by atoms with Crippen molar-refractivity contribution in [2.75, 3.05) is 6.26 Å². The van der Waals surface area contributed by atoms with E-state index < -0.39 is 32.1 Å². The van der Waals surface area contributed by atoms with Crippen molar-refractivity contribution >= 4 is 20.0 Å². The van der Waals surface area contributed by atoms with Gasteiger partial charge in [0, 0.05) is 12.1 Å². The van der Waals surface area contributed by atoms with Crippen molar-refractivity contribution in [2.45, 2.75) is 61.9 Å². The van der Waals surface area contributed by atoms with Crippen LogP contribution in [0.15, 0.2) is 23.1 Å². The van der Waals surface area contributed by atoms with Crippen molar-refractivity contribution in [1.29, 1.82) is 0 Å². The first-order chi connectivity index (χ1) is 11.2. The van der Waals surface area contributed by atoms with E-state index in [0.29, 0.717) is 12.8 Å². The van der Waals surface area contributed by atoms with Gasteiger partial charge in [0.05, 0.1) is 11.2 Å². The van der Waals surface area contributed by atoms with Crippen molar-refractivity contribution in [1.82, 2.24) is 9.44 Å². The highest BCUT2D eigenvalue weighted by Crippen LogP contribution is 2.26. The predicted octanol–water partition coefficient (Wildman–Crippen LogP) is 1.31. The van der Waals surface area contributed by atoms with Gasteiger partial charge in [-0.3, -0.25) is 0 Å². The quantitative estimate of drug-likeness (QED) is 0.815. The Morgan fingerprint density at radius 1 is 0.875 bits per heavy atom. The third-order valence-electron chi connectivity index (χ3n) is 4.82.